The molecule has 0 aliphatic heterocycles. The van der Waals surface area contributed by atoms with Crippen LogP contribution < -0.4 is 4.74 Å². The highest BCUT2D eigenvalue weighted by atomic mass is 19.4. The van der Waals surface area contributed by atoms with Gasteiger partial charge in [-0.3, -0.25) is 9.78 Å². The summed E-state index contributed by atoms with van der Waals surface area (Å²) in [4.78, 5) is 21.2. The van der Waals surface area contributed by atoms with Crippen molar-refractivity contribution in [3.8, 4) is 5.75 Å². The standard InChI is InChI=1S/C23H19F3N2O3/c1-16(28-31-14-17-5-9-19(10-6-17)23(24,25)26)18-7-11-20(12-8-18)30-15-22(29)21-4-2-3-13-27-21/h2-13H,14-15H2,1H3/b28-16+. The minimum atomic E-state index is -4.37. The van der Waals surface area contributed by atoms with Gasteiger partial charge in [0.2, 0.25) is 5.78 Å². The molecule has 0 saturated heterocycles. The number of nitrogens with zero attached hydrogens (tertiary/aromatic N) is 2. The molecule has 0 N–H and O–H groups in total. The van der Waals surface area contributed by atoms with Crippen LogP contribution in [-0.4, -0.2) is 23.1 Å². The Hall–Kier alpha value is -3.68. The van der Waals surface area contributed by atoms with E-state index in [1.165, 1.54) is 12.1 Å². The molecule has 0 aliphatic carbocycles. The zero-order chi connectivity index (χ0) is 22.3. The number of ether oxygens (including phenoxy) is 1. The average Bonchev–Trinajstić information content (AvgIpc) is 2.78. The Morgan fingerprint density at radius 1 is 1.00 bits per heavy atom. The Bertz CT molecular complexity index is 1030. The van der Waals surface area contributed by atoms with E-state index in [1.807, 2.05) is 0 Å². The van der Waals surface area contributed by atoms with E-state index in [0.717, 1.165) is 17.7 Å². The zero-order valence-corrected chi connectivity index (χ0v) is 16.6. The molecule has 1 heterocycles. The first-order valence-corrected chi connectivity index (χ1v) is 9.33. The van der Waals surface area contributed by atoms with Crippen molar-refractivity contribution >= 4 is 11.5 Å². The summed E-state index contributed by atoms with van der Waals surface area (Å²) in [6.45, 7) is 1.67. The molecule has 0 aliphatic rings. The van der Waals surface area contributed by atoms with Gasteiger partial charge in [0, 0.05) is 6.20 Å². The summed E-state index contributed by atoms with van der Waals surface area (Å²) >= 11 is 0. The smallest absolute Gasteiger partial charge is 0.416 e. The Balaban J connectivity index is 1.50. The number of alkyl halides is 3. The molecular formula is C23H19F3N2O3. The molecule has 0 atom stereocenters. The second kappa shape index (κ2) is 9.88. The van der Waals surface area contributed by atoms with Gasteiger partial charge in [-0.1, -0.05) is 23.4 Å². The SMILES string of the molecule is C/C(=N\OCc1ccc(C(F)(F)F)cc1)c1ccc(OCC(=O)c2ccccn2)cc1. The molecule has 0 saturated carbocycles. The van der Waals surface area contributed by atoms with E-state index in [9.17, 15) is 18.0 Å². The van der Waals surface area contributed by atoms with Gasteiger partial charge in [-0.05, 0) is 66.6 Å². The van der Waals surface area contributed by atoms with Crippen molar-refractivity contribution in [2.45, 2.75) is 19.7 Å². The van der Waals surface area contributed by atoms with Gasteiger partial charge >= 0.3 is 6.18 Å². The molecular weight excluding hydrogens is 409 g/mol. The van der Waals surface area contributed by atoms with Gasteiger partial charge < -0.3 is 9.57 Å². The Labute approximate surface area is 177 Å². The van der Waals surface area contributed by atoms with E-state index in [-0.39, 0.29) is 19.0 Å². The second-order valence-electron chi connectivity index (χ2n) is 6.60. The van der Waals surface area contributed by atoms with Crippen LogP contribution in [0.1, 0.15) is 34.1 Å². The van der Waals surface area contributed by atoms with E-state index >= 15 is 0 Å². The van der Waals surface area contributed by atoms with E-state index < -0.39 is 11.7 Å². The normalized spacial score (nSPS) is 11.8. The molecule has 160 valence electrons. The molecule has 5 nitrogen and oxygen atoms in total. The molecule has 3 rings (SSSR count). The number of pyridine rings is 1. The van der Waals surface area contributed by atoms with E-state index in [4.69, 9.17) is 9.57 Å². The van der Waals surface area contributed by atoms with Crippen LogP contribution in [0.15, 0.2) is 78.1 Å². The zero-order valence-electron chi connectivity index (χ0n) is 16.6. The van der Waals surface area contributed by atoms with Crippen molar-refractivity contribution in [1.82, 2.24) is 4.98 Å². The first-order chi connectivity index (χ1) is 14.8. The molecule has 0 unspecified atom stereocenters. The lowest BCUT2D eigenvalue weighted by Crippen LogP contribution is -2.12. The van der Waals surface area contributed by atoms with Gasteiger partial charge in [-0.15, -0.1) is 0 Å². The fourth-order valence-electron chi connectivity index (χ4n) is 2.59. The van der Waals surface area contributed by atoms with Crippen molar-refractivity contribution in [2.75, 3.05) is 6.61 Å². The predicted molar refractivity (Wildman–Crippen MR) is 109 cm³/mol. The Morgan fingerprint density at radius 3 is 2.32 bits per heavy atom. The number of ketones is 1. The van der Waals surface area contributed by atoms with Gasteiger partial charge in [0.05, 0.1) is 11.3 Å². The summed E-state index contributed by atoms with van der Waals surface area (Å²) < 4.78 is 43.2. The highest BCUT2D eigenvalue weighted by Crippen LogP contribution is 2.29. The highest BCUT2D eigenvalue weighted by Gasteiger charge is 2.29. The van der Waals surface area contributed by atoms with Crippen molar-refractivity contribution in [2.24, 2.45) is 5.16 Å². The van der Waals surface area contributed by atoms with Gasteiger partial charge in [0.25, 0.3) is 0 Å². The number of carbonyl (C=O) groups excluding carboxylic acids is 1. The third kappa shape index (κ3) is 6.40. The van der Waals surface area contributed by atoms with E-state index in [1.54, 1.807) is 55.6 Å². The summed E-state index contributed by atoms with van der Waals surface area (Å²) in [6.07, 6.45) is -2.82. The molecule has 1 aromatic heterocycles. The van der Waals surface area contributed by atoms with Gasteiger partial charge in [-0.25, -0.2) is 0 Å². The van der Waals surface area contributed by atoms with Crippen LogP contribution in [0.2, 0.25) is 0 Å². The summed E-state index contributed by atoms with van der Waals surface area (Å²) in [7, 11) is 0. The third-order valence-electron chi connectivity index (χ3n) is 4.31. The van der Waals surface area contributed by atoms with Gasteiger partial charge in [0.1, 0.15) is 18.1 Å². The van der Waals surface area contributed by atoms with Crippen LogP contribution in [0.3, 0.4) is 0 Å². The third-order valence-corrected chi connectivity index (χ3v) is 4.31. The molecule has 31 heavy (non-hydrogen) atoms. The first kappa shape index (κ1) is 22.0. The molecule has 0 fully saturated rings. The maximum atomic E-state index is 12.6. The van der Waals surface area contributed by atoms with Crippen LogP contribution in [0.4, 0.5) is 13.2 Å². The van der Waals surface area contributed by atoms with Crippen LogP contribution in [0.5, 0.6) is 5.75 Å². The minimum Gasteiger partial charge on any atom is -0.485 e. The predicted octanol–water partition coefficient (Wildman–Crippen LogP) is 5.30. The maximum Gasteiger partial charge on any atom is 0.416 e. The van der Waals surface area contributed by atoms with Crippen LogP contribution in [-0.2, 0) is 17.6 Å². The number of hydrogen-bond donors (Lipinski definition) is 0. The summed E-state index contributed by atoms with van der Waals surface area (Å²) in [6, 6.07) is 16.7. The number of benzene rings is 2. The van der Waals surface area contributed by atoms with E-state index in [0.29, 0.717) is 22.7 Å². The lowest BCUT2D eigenvalue weighted by Gasteiger charge is -2.08. The largest absolute Gasteiger partial charge is 0.485 e. The van der Waals surface area contributed by atoms with Crippen molar-refractivity contribution in [3.63, 3.8) is 0 Å². The van der Waals surface area contributed by atoms with E-state index in [2.05, 4.69) is 10.1 Å². The van der Waals surface area contributed by atoms with Gasteiger partial charge in [0.15, 0.2) is 6.61 Å². The molecule has 0 radical (unpaired) electrons. The lowest BCUT2D eigenvalue weighted by molar-refractivity contribution is -0.137. The number of oxime groups is 1. The molecule has 2 aromatic carbocycles. The van der Waals surface area contributed by atoms with Crippen LogP contribution in [0.25, 0.3) is 0 Å². The number of aromatic nitrogens is 1. The average molecular weight is 428 g/mol. The molecule has 0 amide bonds. The quantitative estimate of drug-likeness (QED) is 0.277. The fraction of sp³-hybridized carbons (Fsp3) is 0.174. The number of halogens is 3. The Morgan fingerprint density at radius 2 is 1.71 bits per heavy atom. The van der Waals surface area contributed by atoms with Crippen LogP contribution in [0, 0.1) is 0 Å². The summed E-state index contributed by atoms with van der Waals surface area (Å²) in [5.74, 6) is 0.297. The molecule has 0 bridgehead atoms. The second-order valence-corrected chi connectivity index (χ2v) is 6.60. The van der Waals surface area contributed by atoms with Crippen molar-refractivity contribution in [1.29, 1.82) is 0 Å². The monoisotopic (exact) mass is 428 g/mol. The van der Waals surface area contributed by atoms with Gasteiger partial charge in [-0.2, -0.15) is 13.2 Å². The highest BCUT2D eigenvalue weighted by molar-refractivity contribution is 5.98. The minimum absolute atomic E-state index is 0.0479. The maximum absolute atomic E-state index is 12.6. The topological polar surface area (TPSA) is 60.8 Å². The lowest BCUT2D eigenvalue weighted by atomic mass is 10.1. The van der Waals surface area contributed by atoms with Crippen molar-refractivity contribution in [3.05, 3.63) is 95.3 Å². The number of carbonyl (C=O) groups is 1. The number of Topliss-reactive ketones (excluding diaryl/α,β-unsaturated/α-hetero) is 1. The van der Waals surface area contributed by atoms with Crippen molar-refractivity contribution < 1.29 is 27.5 Å². The summed E-state index contributed by atoms with van der Waals surface area (Å²) in [5, 5.41) is 4.00. The number of hydrogen-bond acceptors (Lipinski definition) is 5. The first-order valence-electron chi connectivity index (χ1n) is 9.33. The summed E-state index contributed by atoms with van der Waals surface area (Å²) in [5.41, 5.74) is 1.57. The fourth-order valence-corrected chi connectivity index (χ4v) is 2.59. The Kier molecular flexibility index (Phi) is 7.02. The molecule has 8 heteroatoms. The number of rotatable bonds is 8. The molecule has 0 spiro atoms. The molecule has 3 aromatic rings. The van der Waals surface area contributed by atoms with Crippen LogP contribution >= 0.6 is 0 Å².